The van der Waals surface area contributed by atoms with Crippen molar-refractivity contribution in [2.45, 2.75) is 50.0 Å². The van der Waals surface area contributed by atoms with Crippen LogP contribution in [0.4, 0.5) is 0 Å². The average Bonchev–Trinajstić information content (AvgIpc) is 1.68. The molecule has 0 atom stereocenters. The normalized spacial score (nSPS) is 8.08. The number of methoxy groups -OCH3 is 1. The summed E-state index contributed by atoms with van der Waals surface area (Å²) in [5.74, 6) is 0. The molecule has 1 nitrogen and oxygen atoms in total. The monoisotopic (exact) mass is 178 g/mol. The summed E-state index contributed by atoms with van der Waals surface area (Å²) in [5, 5.41) is 0. The van der Waals surface area contributed by atoms with E-state index in [1.165, 1.54) is 5.57 Å². The van der Waals surface area contributed by atoms with Crippen molar-refractivity contribution in [1.29, 1.82) is 0 Å². The first-order valence-electron chi connectivity index (χ1n) is 2.95. The molecule has 0 saturated heterocycles. The third-order valence-corrected chi connectivity index (χ3v) is 0.925. The first-order valence-corrected chi connectivity index (χ1v) is 2.95. The Balaban J connectivity index is -0.0000000408. The molecule has 0 aliphatic carbocycles. The van der Waals surface area contributed by atoms with E-state index in [1.807, 2.05) is 0 Å². The Bertz CT molecular complexity index is 75.1. The predicted octanol–water partition coefficient (Wildman–Crippen LogP) is 4.53. The van der Waals surface area contributed by atoms with Crippen molar-refractivity contribution in [3.8, 4) is 0 Å². The van der Waals surface area contributed by atoms with Crippen molar-refractivity contribution in [2.75, 3.05) is 13.7 Å². The molecule has 0 aliphatic heterocycles. The molecule has 1 heteroatoms. The SMILES string of the molecule is C.C.C.C.CC/C=C(/C)COC. The molecule has 0 bridgehead atoms. The van der Waals surface area contributed by atoms with E-state index >= 15 is 0 Å². The lowest BCUT2D eigenvalue weighted by Gasteiger charge is -1.95. The third-order valence-electron chi connectivity index (χ3n) is 0.925. The summed E-state index contributed by atoms with van der Waals surface area (Å²) in [5.41, 5.74) is 1.31. The van der Waals surface area contributed by atoms with Gasteiger partial charge in [-0.2, -0.15) is 0 Å². The minimum Gasteiger partial charge on any atom is -0.380 e. The Hall–Kier alpha value is -0.300. The highest BCUT2D eigenvalue weighted by molar-refractivity contribution is 4.96. The highest BCUT2D eigenvalue weighted by Crippen LogP contribution is 1.93. The zero-order valence-electron chi connectivity index (χ0n) is 5.90. The number of allylic oxidation sites excluding steroid dienone is 1. The van der Waals surface area contributed by atoms with Crippen LogP contribution in [0, 0.1) is 0 Å². The molecule has 0 aromatic rings. The molecule has 0 rings (SSSR count). The van der Waals surface area contributed by atoms with E-state index in [0.29, 0.717) is 0 Å². The van der Waals surface area contributed by atoms with Gasteiger partial charge in [0.1, 0.15) is 0 Å². The Morgan fingerprint density at radius 2 is 1.58 bits per heavy atom. The maximum absolute atomic E-state index is 4.89. The number of hydrogen-bond donors (Lipinski definition) is 0. The van der Waals surface area contributed by atoms with E-state index in [1.54, 1.807) is 7.11 Å². The van der Waals surface area contributed by atoms with E-state index in [0.717, 1.165) is 13.0 Å². The highest BCUT2D eigenvalue weighted by atomic mass is 16.5. The molecule has 0 amide bonds. The maximum atomic E-state index is 4.89. The van der Waals surface area contributed by atoms with Gasteiger partial charge in [-0.3, -0.25) is 0 Å². The van der Waals surface area contributed by atoms with Gasteiger partial charge in [0, 0.05) is 7.11 Å². The zero-order chi connectivity index (χ0) is 6.41. The van der Waals surface area contributed by atoms with Crippen molar-refractivity contribution >= 4 is 0 Å². The quantitative estimate of drug-likeness (QED) is 0.577. The van der Waals surface area contributed by atoms with Crippen molar-refractivity contribution in [3.63, 3.8) is 0 Å². The molecule has 0 fully saturated rings. The minimum absolute atomic E-state index is 0. The summed E-state index contributed by atoms with van der Waals surface area (Å²) in [7, 11) is 1.72. The van der Waals surface area contributed by atoms with E-state index < -0.39 is 0 Å². The minimum atomic E-state index is 0. The van der Waals surface area contributed by atoms with Crippen LogP contribution in [0.1, 0.15) is 50.0 Å². The van der Waals surface area contributed by atoms with Crippen LogP contribution in [0.5, 0.6) is 0 Å². The van der Waals surface area contributed by atoms with Crippen LogP contribution in [-0.2, 0) is 4.74 Å². The average molecular weight is 178 g/mol. The van der Waals surface area contributed by atoms with E-state index in [9.17, 15) is 0 Å². The summed E-state index contributed by atoms with van der Waals surface area (Å²) in [6, 6.07) is 0. The molecule has 0 radical (unpaired) electrons. The molecule has 0 heterocycles. The summed E-state index contributed by atoms with van der Waals surface area (Å²) in [4.78, 5) is 0. The molecule has 12 heavy (non-hydrogen) atoms. The van der Waals surface area contributed by atoms with Crippen LogP contribution in [0.15, 0.2) is 11.6 Å². The fourth-order valence-electron chi connectivity index (χ4n) is 0.635. The fourth-order valence-corrected chi connectivity index (χ4v) is 0.635. The maximum Gasteiger partial charge on any atom is 0.0670 e. The fraction of sp³-hybridized carbons (Fsp3) is 0.818. The lowest BCUT2D eigenvalue weighted by Crippen LogP contribution is -1.88. The van der Waals surface area contributed by atoms with Gasteiger partial charge in [-0.25, -0.2) is 0 Å². The van der Waals surface area contributed by atoms with Gasteiger partial charge in [0.15, 0.2) is 0 Å². The second kappa shape index (κ2) is 22.4. The van der Waals surface area contributed by atoms with Gasteiger partial charge in [0.05, 0.1) is 6.61 Å². The van der Waals surface area contributed by atoms with Gasteiger partial charge < -0.3 is 4.74 Å². The molecule has 0 aliphatic rings. The largest absolute Gasteiger partial charge is 0.380 e. The van der Waals surface area contributed by atoms with Gasteiger partial charge in [-0.1, -0.05) is 48.3 Å². The second-order valence-electron chi connectivity index (χ2n) is 1.89. The van der Waals surface area contributed by atoms with Crippen molar-refractivity contribution in [1.82, 2.24) is 0 Å². The van der Waals surface area contributed by atoms with Crippen molar-refractivity contribution in [3.05, 3.63) is 11.6 Å². The van der Waals surface area contributed by atoms with Crippen molar-refractivity contribution < 1.29 is 4.74 Å². The third kappa shape index (κ3) is 22.6. The smallest absolute Gasteiger partial charge is 0.0670 e. The summed E-state index contributed by atoms with van der Waals surface area (Å²) < 4.78 is 4.89. The Labute approximate surface area is 80.8 Å². The lowest BCUT2D eigenvalue weighted by molar-refractivity contribution is 0.225. The summed E-state index contributed by atoms with van der Waals surface area (Å²) in [6.45, 7) is 4.97. The molecule has 0 saturated carbocycles. The van der Waals surface area contributed by atoms with E-state index in [4.69, 9.17) is 4.74 Å². The van der Waals surface area contributed by atoms with Crippen LogP contribution >= 0.6 is 0 Å². The van der Waals surface area contributed by atoms with Gasteiger partial charge in [0.25, 0.3) is 0 Å². The molecular formula is C11H30O. The van der Waals surface area contributed by atoms with Gasteiger partial charge in [0.2, 0.25) is 0 Å². The molecule has 0 unspecified atom stereocenters. The zero-order valence-corrected chi connectivity index (χ0v) is 5.90. The van der Waals surface area contributed by atoms with Crippen LogP contribution in [0.3, 0.4) is 0 Å². The number of rotatable bonds is 3. The first kappa shape index (κ1) is 29.8. The first-order chi connectivity index (χ1) is 3.81. The summed E-state index contributed by atoms with van der Waals surface area (Å²) in [6.07, 6.45) is 3.28. The highest BCUT2D eigenvalue weighted by Gasteiger charge is 1.82. The van der Waals surface area contributed by atoms with E-state index in [-0.39, 0.29) is 29.7 Å². The van der Waals surface area contributed by atoms with Gasteiger partial charge in [-0.05, 0) is 13.3 Å². The van der Waals surface area contributed by atoms with Crippen molar-refractivity contribution in [2.24, 2.45) is 0 Å². The van der Waals surface area contributed by atoms with Crippen LogP contribution in [0.25, 0.3) is 0 Å². The predicted molar refractivity (Wildman–Crippen MR) is 62.8 cm³/mol. The molecule has 0 aromatic carbocycles. The van der Waals surface area contributed by atoms with Crippen LogP contribution < -0.4 is 0 Å². The topological polar surface area (TPSA) is 9.23 Å². The summed E-state index contributed by atoms with van der Waals surface area (Å²) >= 11 is 0. The Morgan fingerprint density at radius 1 is 1.17 bits per heavy atom. The number of ether oxygens (including phenoxy) is 1. The van der Waals surface area contributed by atoms with Crippen LogP contribution in [-0.4, -0.2) is 13.7 Å². The molecule has 80 valence electrons. The van der Waals surface area contributed by atoms with Gasteiger partial charge >= 0.3 is 0 Å². The number of hydrogen-bond acceptors (Lipinski definition) is 1. The Kier molecular flexibility index (Phi) is 55.8. The molecular weight excluding hydrogens is 148 g/mol. The Morgan fingerprint density at radius 3 is 1.83 bits per heavy atom. The molecule has 0 aromatic heterocycles. The van der Waals surface area contributed by atoms with E-state index in [2.05, 4.69) is 19.9 Å². The standard InChI is InChI=1S/C7H14O.4CH4/c1-4-5-7(2)6-8-3;;;;/h5H,4,6H2,1-3H3;4*1H4/b7-5-;;;;. The molecule has 0 N–H and O–H groups in total. The second-order valence-corrected chi connectivity index (χ2v) is 1.89. The lowest BCUT2D eigenvalue weighted by atomic mass is 10.3. The van der Waals surface area contributed by atoms with Crippen LogP contribution in [0.2, 0.25) is 0 Å². The molecule has 0 spiro atoms. The van der Waals surface area contributed by atoms with Gasteiger partial charge in [-0.15, -0.1) is 0 Å².